The summed E-state index contributed by atoms with van der Waals surface area (Å²) in [7, 11) is 1.78. The number of anilines is 1. The number of nitrogens with zero attached hydrogens (tertiary/aromatic N) is 4. The molecule has 8 heteroatoms. The summed E-state index contributed by atoms with van der Waals surface area (Å²) in [5.41, 5.74) is 1.16. The van der Waals surface area contributed by atoms with E-state index in [1.165, 1.54) is 12.4 Å². The maximum atomic E-state index is 11.9. The average molecular weight is 344 g/mol. The van der Waals surface area contributed by atoms with Crippen molar-refractivity contribution >= 4 is 29.6 Å². The molecular weight excluding hydrogens is 330 g/mol. The van der Waals surface area contributed by atoms with Crippen LogP contribution in [0.1, 0.15) is 5.56 Å². The Labute approximate surface area is 143 Å². The van der Waals surface area contributed by atoms with Gasteiger partial charge in [0.15, 0.2) is 5.82 Å². The summed E-state index contributed by atoms with van der Waals surface area (Å²) in [6.45, 7) is 0. The van der Waals surface area contributed by atoms with Gasteiger partial charge >= 0.3 is 6.09 Å². The Morgan fingerprint density at radius 3 is 2.79 bits per heavy atom. The average Bonchev–Trinajstić information content (AvgIpc) is 3.19. The minimum atomic E-state index is -0.722. The molecule has 1 N–H and O–H groups in total. The second-order valence-electron chi connectivity index (χ2n) is 4.86. The zero-order chi connectivity index (χ0) is 16.9. The highest BCUT2D eigenvalue weighted by Crippen LogP contribution is 2.19. The molecule has 1 amide bonds. The minimum Gasteiger partial charge on any atom is -0.307 e. The van der Waals surface area contributed by atoms with Crippen LogP contribution in [0.4, 0.5) is 10.5 Å². The number of nitrogens with one attached hydrogen (secondary N) is 1. The lowest BCUT2D eigenvalue weighted by atomic mass is 10.2. The molecule has 0 saturated heterocycles. The summed E-state index contributed by atoms with van der Waals surface area (Å²) >= 11 is 5.99. The number of rotatable bonds is 4. The van der Waals surface area contributed by atoms with E-state index in [9.17, 15) is 4.79 Å². The number of benzene rings is 1. The van der Waals surface area contributed by atoms with Gasteiger partial charge in [-0.05, 0) is 18.2 Å². The van der Waals surface area contributed by atoms with Crippen molar-refractivity contribution in [3.05, 3.63) is 65.6 Å². The highest BCUT2D eigenvalue weighted by Gasteiger charge is 2.13. The fourth-order valence-electron chi connectivity index (χ4n) is 2.14. The first-order chi connectivity index (χ1) is 11.6. The van der Waals surface area contributed by atoms with Crippen molar-refractivity contribution in [3.63, 3.8) is 0 Å². The Morgan fingerprint density at radius 2 is 2.04 bits per heavy atom. The highest BCUT2D eigenvalue weighted by atomic mass is 35.5. The lowest BCUT2D eigenvalue weighted by molar-refractivity contribution is 0.167. The van der Waals surface area contributed by atoms with Gasteiger partial charge in [-0.25, -0.2) is 4.79 Å². The first-order valence-electron chi connectivity index (χ1n) is 7.06. The van der Waals surface area contributed by atoms with Gasteiger partial charge in [0.1, 0.15) is 5.69 Å². The van der Waals surface area contributed by atoms with Crippen LogP contribution in [-0.4, -0.2) is 26.7 Å². The third-order valence-corrected chi connectivity index (χ3v) is 3.57. The maximum absolute atomic E-state index is 11.9. The molecular formula is C16H14ClN5O2. The monoisotopic (exact) mass is 343 g/mol. The van der Waals surface area contributed by atoms with Gasteiger partial charge in [-0.15, -0.1) is 0 Å². The first-order valence-corrected chi connectivity index (χ1v) is 7.44. The molecule has 0 aliphatic heterocycles. The van der Waals surface area contributed by atoms with Crippen molar-refractivity contribution < 1.29 is 9.63 Å². The van der Waals surface area contributed by atoms with E-state index in [0.29, 0.717) is 22.1 Å². The van der Waals surface area contributed by atoms with Crippen molar-refractivity contribution in [3.8, 4) is 5.82 Å². The third-order valence-electron chi connectivity index (χ3n) is 3.23. The molecule has 0 fully saturated rings. The second kappa shape index (κ2) is 7.01. The Bertz CT molecular complexity index is 870. The van der Waals surface area contributed by atoms with Crippen LogP contribution in [0.15, 0.2) is 60.1 Å². The summed E-state index contributed by atoms with van der Waals surface area (Å²) in [6.07, 6.45) is 5.89. The van der Waals surface area contributed by atoms with E-state index >= 15 is 0 Å². The zero-order valence-corrected chi connectivity index (χ0v) is 13.5. The van der Waals surface area contributed by atoms with Crippen LogP contribution in [0.5, 0.6) is 0 Å². The maximum Gasteiger partial charge on any atom is 0.437 e. The fourth-order valence-corrected chi connectivity index (χ4v) is 2.33. The smallest absolute Gasteiger partial charge is 0.307 e. The lowest BCUT2D eigenvalue weighted by Gasteiger charge is -2.07. The summed E-state index contributed by atoms with van der Waals surface area (Å²) in [4.78, 5) is 16.7. The quantitative estimate of drug-likeness (QED) is 0.448. The Balaban J connectivity index is 1.67. The minimum absolute atomic E-state index is 0.506. The molecule has 0 atom stereocenters. The molecule has 0 bridgehead atoms. The molecule has 2 heterocycles. The Morgan fingerprint density at radius 1 is 1.29 bits per heavy atom. The van der Waals surface area contributed by atoms with Gasteiger partial charge in [0.05, 0.1) is 12.4 Å². The number of aromatic nitrogens is 3. The summed E-state index contributed by atoms with van der Waals surface area (Å²) < 4.78 is 3.47. The molecule has 3 rings (SSSR count). The molecule has 0 aliphatic carbocycles. The van der Waals surface area contributed by atoms with E-state index in [2.05, 4.69) is 15.6 Å². The van der Waals surface area contributed by atoms with E-state index in [4.69, 9.17) is 16.4 Å². The van der Waals surface area contributed by atoms with E-state index in [1.54, 1.807) is 29.9 Å². The largest absolute Gasteiger partial charge is 0.437 e. The van der Waals surface area contributed by atoms with Crippen molar-refractivity contribution in [2.45, 2.75) is 0 Å². The number of oxime groups is 1. The number of halogens is 1. The van der Waals surface area contributed by atoms with Crippen LogP contribution < -0.4 is 5.32 Å². The standard InChI is InChI=1S/C16H14ClN5O2/c1-21-15(22-8-4-5-9-22)14(11-18-21)20-16(23)24-19-10-12-6-2-3-7-13(12)17/h2-11H,1H3,(H,20,23). The van der Waals surface area contributed by atoms with Gasteiger partial charge in [-0.2, -0.15) is 5.10 Å². The van der Waals surface area contributed by atoms with Crippen LogP contribution in [-0.2, 0) is 11.9 Å². The fraction of sp³-hybridized carbons (Fsp3) is 0.0625. The molecule has 122 valence electrons. The van der Waals surface area contributed by atoms with Crippen LogP contribution in [0.25, 0.3) is 5.82 Å². The molecule has 24 heavy (non-hydrogen) atoms. The molecule has 0 aliphatic rings. The van der Waals surface area contributed by atoms with Crippen LogP contribution in [0.2, 0.25) is 5.02 Å². The molecule has 3 aromatic rings. The molecule has 2 aromatic heterocycles. The van der Waals surface area contributed by atoms with E-state index < -0.39 is 6.09 Å². The van der Waals surface area contributed by atoms with E-state index in [0.717, 1.165) is 0 Å². The highest BCUT2D eigenvalue weighted by molar-refractivity contribution is 6.33. The number of amides is 1. The van der Waals surface area contributed by atoms with Gasteiger partial charge in [0.2, 0.25) is 0 Å². The summed E-state index contributed by atoms with van der Waals surface area (Å²) in [6, 6.07) is 10.9. The summed E-state index contributed by atoms with van der Waals surface area (Å²) in [5.74, 6) is 0.701. The summed E-state index contributed by atoms with van der Waals surface area (Å²) in [5, 5.41) is 10.9. The van der Waals surface area contributed by atoms with Crippen molar-refractivity contribution in [2.24, 2.45) is 12.2 Å². The normalized spacial score (nSPS) is 10.9. The van der Waals surface area contributed by atoms with E-state index in [1.807, 2.05) is 35.2 Å². The van der Waals surface area contributed by atoms with Gasteiger partial charge in [0.25, 0.3) is 0 Å². The first kappa shape index (κ1) is 15.8. The molecule has 7 nitrogen and oxygen atoms in total. The van der Waals surface area contributed by atoms with Crippen LogP contribution >= 0.6 is 11.6 Å². The zero-order valence-electron chi connectivity index (χ0n) is 12.8. The van der Waals surface area contributed by atoms with Gasteiger partial charge < -0.3 is 4.57 Å². The van der Waals surface area contributed by atoms with Crippen LogP contribution in [0.3, 0.4) is 0 Å². The lowest BCUT2D eigenvalue weighted by Crippen LogP contribution is -2.13. The number of carbonyl (C=O) groups excluding carboxylic acids is 1. The molecule has 0 radical (unpaired) electrons. The molecule has 0 spiro atoms. The third kappa shape index (κ3) is 3.47. The number of aryl methyl sites for hydroxylation is 1. The van der Waals surface area contributed by atoms with Crippen LogP contribution in [0, 0.1) is 0 Å². The van der Waals surface area contributed by atoms with Gasteiger partial charge in [0, 0.05) is 30.0 Å². The Hall–Kier alpha value is -3.06. The van der Waals surface area contributed by atoms with Crippen molar-refractivity contribution in [1.82, 2.24) is 14.3 Å². The Kier molecular flexibility index (Phi) is 4.62. The van der Waals surface area contributed by atoms with Gasteiger partial charge in [-0.3, -0.25) is 14.8 Å². The van der Waals surface area contributed by atoms with Crippen molar-refractivity contribution in [2.75, 3.05) is 5.32 Å². The van der Waals surface area contributed by atoms with Crippen molar-refractivity contribution in [1.29, 1.82) is 0 Å². The number of hydrogen-bond donors (Lipinski definition) is 1. The van der Waals surface area contributed by atoms with E-state index in [-0.39, 0.29) is 0 Å². The number of carbonyl (C=O) groups is 1. The number of hydrogen-bond acceptors (Lipinski definition) is 4. The SMILES string of the molecule is Cn1ncc(NC(=O)ON=Cc2ccccc2Cl)c1-n1cccc1. The topological polar surface area (TPSA) is 73.4 Å². The van der Waals surface area contributed by atoms with Gasteiger partial charge in [-0.1, -0.05) is 35.0 Å². The molecule has 0 unspecified atom stereocenters. The predicted molar refractivity (Wildman–Crippen MR) is 91.7 cm³/mol. The molecule has 1 aromatic carbocycles. The predicted octanol–water partition coefficient (Wildman–Crippen LogP) is 3.45. The molecule has 0 saturated carbocycles. The second-order valence-corrected chi connectivity index (χ2v) is 5.26.